The Bertz CT molecular complexity index is 535. The van der Waals surface area contributed by atoms with Crippen molar-refractivity contribution < 1.29 is 0 Å². The molecule has 0 saturated heterocycles. The van der Waals surface area contributed by atoms with Crippen molar-refractivity contribution in [3.05, 3.63) is 35.0 Å². The van der Waals surface area contributed by atoms with E-state index in [1.165, 1.54) is 0 Å². The van der Waals surface area contributed by atoms with E-state index in [1.54, 1.807) is 10.7 Å². The lowest BCUT2D eigenvalue weighted by atomic mass is 10.2. The highest BCUT2D eigenvalue weighted by Crippen LogP contribution is 2.17. The molecule has 0 aliphatic rings. The zero-order valence-corrected chi connectivity index (χ0v) is 11.4. The fourth-order valence-electron chi connectivity index (χ4n) is 1.52. The van der Waals surface area contributed by atoms with Crippen molar-refractivity contribution in [2.45, 2.75) is 26.3 Å². The Morgan fingerprint density at radius 2 is 2.17 bits per heavy atom. The number of anilines is 1. The van der Waals surface area contributed by atoms with Crippen LogP contribution in [0.15, 0.2) is 18.3 Å². The second kappa shape index (κ2) is 5.35. The second-order valence-corrected chi connectivity index (χ2v) is 4.81. The maximum absolute atomic E-state index is 5.97. The predicted molar refractivity (Wildman–Crippen MR) is 71.7 cm³/mol. The van der Waals surface area contributed by atoms with Gasteiger partial charge in [-0.15, -0.1) is 0 Å². The van der Waals surface area contributed by atoms with Gasteiger partial charge in [-0.3, -0.25) is 4.68 Å². The molecule has 18 heavy (non-hydrogen) atoms. The molecule has 1 N–H and O–H groups in total. The molecule has 0 saturated carbocycles. The molecule has 0 radical (unpaired) electrons. The van der Waals surface area contributed by atoms with Gasteiger partial charge in [0, 0.05) is 25.2 Å². The van der Waals surface area contributed by atoms with Crippen LogP contribution in [0.25, 0.3) is 0 Å². The summed E-state index contributed by atoms with van der Waals surface area (Å²) in [6, 6.07) is 3.68. The summed E-state index contributed by atoms with van der Waals surface area (Å²) >= 11 is 5.97. The van der Waals surface area contributed by atoms with Gasteiger partial charge in [0.25, 0.3) is 0 Å². The Kier molecular flexibility index (Phi) is 3.81. The molecular weight excluding hydrogens is 250 g/mol. The lowest BCUT2D eigenvalue weighted by Gasteiger charge is -2.08. The molecule has 2 aromatic rings. The number of rotatable bonds is 4. The molecule has 2 rings (SSSR count). The van der Waals surface area contributed by atoms with E-state index >= 15 is 0 Å². The third kappa shape index (κ3) is 3.20. The van der Waals surface area contributed by atoms with Crippen LogP contribution in [-0.4, -0.2) is 19.7 Å². The fraction of sp³-hybridized carbons (Fsp3) is 0.417. The summed E-state index contributed by atoms with van der Waals surface area (Å²) in [5.74, 6) is 1.72. The van der Waals surface area contributed by atoms with Crippen LogP contribution in [0.5, 0.6) is 0 Å². The van der Waals surface area contributed by atoms with Crippen molar-refractivity contribution in [3.8, 4) is 0 Å². The van der Waals surface area contributed by atoms with Crippen molar-refractivity contribution in [1.29, 1.82) is 0 Å². The number of halogens is 1. The van der Waals surface area contributed by atoms with E-state index in [9.17, 15) is 0 Å². The van der Waals surface area contributed by atoms with E-state index in [0.717, 1.165) is 17.3 Å². The van der Waals surface area contributed by atoms with Crippen molar-refractivity contribution in [3.63, 3.8) is 0 Å². The number of aryl methyl sites for hydroxylation is 1. The number of hydrogen-bond donors (Lipinski definition) is 1. The van der Waals surface area contributed by atoms with Crippen LogP contribution in [0.2, 0.25) is 5.15 Å². The first-order chi connectivity index (χ1) is 8.54. The van der Waals surface area contributed by atoms with Gasteiger partial charge in [0.2, 0.25) is 0 Å². The average molecular weight is 266 g/mol. The molecule has 0 amide bonds. The van der Waals surface area contributed by atoms with E-state index in [2.05, 4.69) is 20.4 Å². The monoisotopic (exact) mass is 265 g/mol. The third-order valence-electron chi connectivity index (χ3n) is 2.45. The first-order valence-corrected chi connectivity index (χ1v) is 6.19. The highest BCUT2D eigenvalue weighted by atomic mass is 35.5. The zero-order chi connectivity index (χ0) is 13.1. The average Bonchev–Trinajstić information content (AvgIpc) is 2.72. The Hall–Kier alpha value is -1.62. The lowest BCUT2D eigenvalue weighted by Crippen LogP contribution is -2.06. The Morgan fingerprint density at radius 3 is 2.78 bits per heavy atom. The van der Waals surface area contributed by atoms with Crippen molar-refractivity contribution in [2.24, 2.45) is 7.05 Å². The molecule has 0 aromatic carbocycles. The number of aromatic nitrogens is 4. The van der Waals surface area contributed by atoms with Crippen molar-refractivity contribution >= 4 is 17.4 Å². The van der Waals surface area contributed by atoms with Gasteiger partial charge in [-0.05, 0) is 6.07 Å². The van der Waals surface area contributed by atoms with Gasteiger partial charge in [0.1, 0.15) is 16.8 Å². The summed E-state index contributed by atoms with van der Waals surface area (Å²) < 4.78 is 1.77. The van der Waals surface area contributed by atoms with Crippen LogP contribution in [0.1, 0.15) is 31.3 Å². The maximum atomic E-state index is 5.97. The normalized spacial score (nSPS) is 10.9. The third-order valence-corrected chi connectivity index (χ3v) is 2.64. The number of nitrogens with one attached hydrogen (secondary N) is 1. The predicted octanol–water partition coefficient (Wildman–Crippen LogP) is 2.60. The van der Waals surface area contributed by atoms with Crippen LogP contribution < -0.4 is 5.32 Å². The van der Waals surface area contributed by atoms with Crippen molar-refractivity contribution in [2.75, 3.05) is 5.32 Å². The molecule has 0 bridgehead atoms. The van der Waals surface area contributed by atoms with E-state index in [1.807, 2.05) is 33.2 Å². The molecule has 6 heteroatoms. The molecular formula is C12H16ClN5. The molecule has 5 nitrogen and oxygen atoms in total. The summed E-state index contributed by atoms with van der Waals surface area (Å²) in [6.45, 7) is 4.69. The zero-order valence-electron chi connectivity index (χ0n) is 10.7. The van der Waals surface area contributed by atoms with E-state index in [-0.39, 0.29) is 5.92 Å². The molecule has 96 valence electrons. The van der Waals surface area contributed by atoms with Crippen LogP contribution in [0.3, 0.4) is 0 Å². The fourth-order valence-corrected chi connectivity index (χ4v) is 1.71. The molecule has 0 fully saturated rings. The van der Waals surface area contributed by atoms with Gasteiger partial charge in [0.05, 0.1) is 12.2 Å². The van der Waals surface area contributed by atoms with E-state index in [4.69, 9.17) is 11.6 Å². The van der Waals surface area contributed by atoms with Gasteiger partial charge in [-0.25, -0.2) is 9.97 Å². The van der Waals surface area contributed by atoms with Gasteiger partial charge < -0.3 is 5.32 Å². The lowest BCUT2D eigenvalue weighted by molar-refractivity contribution is 0.745. The smallest absolute Gasteiger partial charge is 0.135 e. The molecule has 0 atom stereocenters. The summed E-state index contributed by atoms with van der Waals surface area (Å²) in [7, 11) is 1.89. The highest BCUT2D eigenvalue weighted by molar-refractivity contribution is 6.29. The Balaban J connectivity index is 2.09. The SMILES string of the molecule is CC(C)c1nc(Cl)cc(NCc2ccn(C)n2)n1. The molecule has 0 spiro atoms. The minimum atomic E-state index is 0.249. The summed E-state index contributed by atoms with van der Waals surface area (Å²) in [5.41, 5.74) is 0.957. The minimum Gasteiger partial charge on any atom is -0.364 e. The van der Waals surface area contributed by atoms with Gasteiger partial charge in [-0.1, -0.05) is 25.4 Å². The van der Waals surface area contributed by atoms with Gasteiger partial charge in [0.15, 0.2) is 0 Å². The second-order valence-electron chi connectivity index (χ2n) is 4.42. The van der Waals surface area contributed by atoms with Gasteiger partial charge >= 0.3 is 0 Å². The van der Waals surface area contributed by atoms with Crippen molar-refractivity contribution in [1.82, 2.24) is 19.7 Å². The maximum Gasteiger partial charge on any atom is 0.135 e. The molecule has 2 heterocycles. The topological polar surface area (TPSA) is 55.6 Å². The number of hydrogen-bond acceptors (Lipinski definition) is 4. The Labute approximate surface area is 111 Å². The molecule has 2 aromatic heterocycles. The first-order valence-electron chi connectivity index (χ1n) is 5.81. The first kappa shape index (κ1) is 12.8. The minimum absolute atomic E-state index is 0.249. The highest BCUT2D eigenvalue weighted by Gasteiger charge is 2.07. The van der Waals surface area contributed by atoms with E-state index < -0.39 is 0 Å². The molecule has 0 aliphatic heterocycles. The summed E-state index contributed by atoms with van der Waals surface area (Å²) in [4.78, 5) is 8.60. The van der Waals surface area contributed by atoms with Crippen LogP contribution in [0, 0.1) is 0 Å². The Morgan fingerprint density at radius 1 is 1.39 bits per heavy atom. The van der Waals surface area contributed by atoms with Crippen LogP contribution in [0.4, 0.5) is 5.82 Å². The van der Waals surface area contributed by atoms with Crippen LogP contribution >= 0.6 is 11.6 Å². The summed E-state index contributed by atoms with van der Waals surface area (Å²) in [6.07, 6.45) is 1.91. The number of nitrogens with zero attached hydrogens (tertiary/aromatic N) is 4. The molecule has 0 aliphatic carbocycles. The quantitative estimate of drug-likeness (QED) is 0.864. The summed E-state index contributed by atoms with van der Waals surface area (Å²) in [5, 5.41) is 7.94. The van der Waals surface area contributed by atoms with Crippen LogP contribution in [-0.2, 0) is 13.6 Å². The molecule has 0 unspecified atom stereocenters. The largest absolute Gasteiger partial charge is 0.364 e. The standard InChI is InChI=1S/C12H16ClN5/c1-8(2)12-15-10(13)6-11(16-12)14-7-9-4-5-18(3)17-9/h4-6,8H,7H2,1-3H3,(H,14,15,16). The van der Waals surface area contributed by atoms with E-state index in [0.29, 0.717) is 11.7 Å². The van der Waals surface area contributed by atoms with Gasteiger partial charge in [-0.2, -0.15) is 5.10 Å².